The maximum absolute atomic E-state index is 13.5. The first-order valence-corrected chi connectivity index (χ1v) is 15.6. The van der Waals surface area contributed by atoms with Gasteiger partial charge < -0.3 is 9.64 Å². The smallest absolute Gasteiger partial charge is 0.268 e. The average molecular weight is 564 g/mol. The molecule has 0 bridgehead atoms. The maximum atomic E-state index is 13.5. The molecule has 1 unspecified atom stereocenters. The summed E-state index contributed by atoms with van der Waals surface area (Å²) in [5, 5.41) is 4.60. The van der Waals surface area contributed by atoms with Crippen molar-refractivity contribution in [3.8, 4) is 11.7 Å². The number of benzene rings is 1. The van der Waals surface area contributed by atoms with Crippen LogP contribution in [0.2, 0.25) is 0 Å². The first kappa shape index (κ1) is 26.8. The van der Waals surface area contributed by atoms with Crippen LogP contribution in [0.1, 0.15) is 68.8 Å². The summed E-state index contributed by atoms with van der Waals surface area (Å²) in [6.07, 6.45) is 7.90. The minimum Gasteiger partial charge on any atom is -0.476 e. The number of carbonyl (C=O) groups is 1. The van der Waals surface area contributed by atoms with Crippen LogP contribution in [0, 0.1) is 24.2 Å². The van der Waals surface area contributed by atoms with Gasteiger partial charge in [0, 0.05) is 24.3 Å². The van der Waals surface area contributed by atoms with E-state index < -0.39 is 15.9 Å². The van der Waals surface area contributed by atoms with E-state index in [9.17, 15) is 13.2 Å². The van der Waals surface area contributed by atoms with E-state index >= 15 is 0 Å². The van der Waals surface area contributed by atoms with Gasteiger partial charge in [0.25, 0.3) is 15.9 Å². The second-order valence-corrected chi connectivity index (χ2v) is 14.1. The van der Waals surface area contributed by atoms with Crippen LogP contribution in [0.15, 0.2) is 53.6 Å². The molecule has 2 atom stereocenters. The number of ether oxygens (including phenoxy) is 1. The second kappa shape index (κ2) is 9.61. The molecular formula is C30H37N5O4S. The number of rotatable bonds is 8. The number of hydrogen-bond acceptors (Lipinski definition) is 7. The number of nitrogens with one attached hydrogen (secondary N) is 1. The molecule has 40 heavy (non-hydrogen) atoms. The van der Waals surface area contributed by atoms with Crippen LogP contribution in [0.4, 0.5) is 5.82 Å². The quantitative estimate of drug-likeness (QED) is 0.416. The first-order chi connectivity index (χ1) is 19.0. The van der Waals surface area contributed by atoms with Crippen molar-refractivity contribution in [3.05, 3.63) is 59.8 Å². The number of hydrogen-bond donors (Lipinski definition) is 1. The number of sulfonamides is 1. The molecule has 2 saturated carbocycles. The Morgan fingerprint density at radius 3 is 2.55 bits per heavy atom. The van der Waals surface area contributed by atoms with Gasteiger partial charge in [0.05, 0.1) is 17.1 Å². The maximum Gasteiger partial charge on any atom is 0.268 e. The summed E-state index contributed by atoms with van der Waals surface area (Å²) < 4.78 is 36.2. The zero-order valence-corrected chi connectivity index (χ0v) is 24.4. The van der Waals surface area contributed by atoms with Gasteiger partial charge in [-0.25, -0.2) is 22.8 Å². The summed E-state index contributed by atoms with van der Waals surface area (Å²) in [7, 11) is -4.07. The molecule has 10 heteroatoms. The third-order valence-corrected chi connectivity index (χ3v) is 10.5. The summed E-state index contributed by atoms with van der Waals surface area (Å²) in [6.45, 7) is 9.48. The van der Waals surface area contributed by atoms with Crippen molar-refractivity contribution in [2.75, 3.05) is 18.1 Å². The van der Waals surface area contributed by atoms with E-state index in [4.69, 9.17) is 9.72 Å². The fourth-order valence-corrected chi connectivity index (χ4v) is 7.75. The zero-order valence-electron chi connectivity index (χ0n) is 23.6. The normalized spacial score (nSPS) is 22.6. The molecule has 1 saturated heterocycles. The van der Waals surface area contributed by atoms with E-state index in [1.807, 2.05) is 6.07 Å². The molecule has 1 amide bonds. The molecule has 212 valence electrons. The van der Waals surface area contributed by atoms with Gasteiger partial charge in [0.2, 0.25) is 5.88 Å². The molecule has 3 aliphatic rings. The van der Waals surface area contributed by atoms with Crippen molar-refractivity contribution in [3.63, 3.8) is 0 Å². The topological polar surface area (TPSA) is 106 Å². The van der Waals surface area contributed by atoms with Crippen LogP contribution in [0.3, 0.4) is 0 Å². The number of carbonyl (C=O) groups excluding carboxylic acids is 1. The first-order valence-electron chi connectivity index (χ1n) is 14.1. The van der Waals surface area contributed by atoms with E-state index in [0.29, 0.717) is 53.5 Å². The van der Waals surface area contributed by atoms with Crippen LogP contribution in [-0.2, 0) is 10.0 Å². The van der Waals surface area contributed by atoms with Gasteiger partial charge in [-0.15, -0.1) is 5.10 Å². The zero-order chi connectivity index (χ0) is 28.3. The van der Waals surface area contributed by atoms with E-state index in [1.54, 1.807) is 48.1 Å². The van der Waals surface area contributed by atoms with Crippen LogP contribution in [-0.4, -0.2) is 47.8 Å². The van der Waals surface area contributed by atoms with Crippen LogP contribution < -0.4 is 14.4 Å². The minimum absolute atomic E-state index is 0.0724. The summed E-state index contributed by atoms with van der Waals surface area (Å²) in [6, 6.07) is 11.7. The molecule has 9 nitrogen and oxygen atoms in total. The summed E-state index contributed by atoms with van der Waals surface area (Å²) >= 11 is 0. The van der Waals surface area contributed by atoms with Crippen LogP contribution in [0.5, 0.6) is 5.88 Å². The molecule has 0 radical (unpaired) electrons. The predicted octanol–water partition coefficient (Wildman–Crippen LogP) is 4.89. The highest BCUT2D eigenvalue weighted by atomic mass is 32.2. The summed E-state index contributed by atoms with van der Waals surface area (Å²) in [5.41, 5.74) is 1.04. The Labute approximate surface area is 236 Å². The monoisotopic (exact) mass is 563 g/mol. The Kier molecular flexibility index (Phi) is 6.44. The van der Waals surface area contributed by atoms with Crippen molar-refractivity contribution < 1.29 is 17.9 Å². The highest BCUT2D eigenvalue weighted by Gasteiger charge is 2.55. The highest BCUT2D eigenvalue weighted by Crippen LogP contribution is 2.64. The van der Waals surface area contributed by atoms with E-state index in [0.717, 1.165) is 6.42 Å². The number of aromatic nitrogens is 3. The molecule has 2 aromatic heterocycles. The van der Waals surface area contributed by atoms with Crippen molar-refractivity contribution in [1.29, 1.82) is 0 Å². The fourth-order valence-electron chi connectivity index (χ4n) is 6.53. The number of amides is 1. The largest absolute Gasteiger partial charge is 0.476 e. The number of nitrogens with zero attached hydrogens (tertiary/aromatic N) is 4. The number of pyridine rings is 1. The van der Waals surface area contributed by atoms with Crippen molar-refractivity contribution in [1.82, 2.24) is 19.5 Å². The lowest BCUT2D eigenvalue weighted by Gasteiger charge is -2.36. The average Bonchev–Trinajstić information content (AvgIpc) is 3.52. The molecule has 2 aliphatic carbocycles. The number of anilines is 1. The molecule has 1 aliphatic heterocycles. The van der Waals surface area contributed by atoms with Crippen LogP contribution in [0.25, 0.3) is 5.82 Å². The standard InChI is InChI=1S/C30H37N5O4S/c1-20-17-29(3,4)34(18-20)27-23(28(36)33-40(37,38)24-8-6-5-7-21(24)2)9-10-25(31-27)35-16-12-26(32-35)39-19-22-11-13-30(22)14-15-30/h5-10,12,16,20,22H,11,13-15,17-19H2,1-4H3,(H,33,36)/t20-,22?/m0/s1. The van der Waals surface area contributed by atoms with Gasteiger partial charge in [-0.05, 0) is 93.9 Å². The van der Waals surface area contributed by atoms with E-state index in [2.05, 4.69) is 35.5 Å². The van der Waals surface area contributed by atoms with Gasteiger partial charge >= 0.3 is 0 Å². The van der Waals surface area contributed by atoms with Crippen molar-refractivity contribution in [2.24, 2.45) is 17.3 Å². The Morgan fingerprint density at radius 2 is 1.90 bits per heavy atom. The molecule has 3 aromatic rings. The third-order valence-electron chi connectivity index (χ3n) is 9.02. The van der Waals surface area contributed by atoms with Gasteiger partial charge in [-0.2, -0.15) is 0 Å². The van der Waals surface area contributed by atoms with Gasteiger partial charge in [0.15, 0.2) is 5.82 Å². The lowest BCUT2D eigenvalue weighted by atomic mass is 9.71. The Morgan fingerprint density at radius 1 is 1.12 bits per heavy atom. The number of aryl methyl sites for hydroxylation is 1. The van der Waals surface area contributed by atoms with Gasteiger partial charge in [0.1, 0.15) is 5.82 Å². The van der Waals surface area contributed by atoms with Crippen molar-refractivity contribution >= 4 is 21.7 Å². The SMILES string of the molecule is Cc1ccccc1S(=O)(=O)NC(=O)c1ccc(-n2ccc(OCC3CCC34CC4)n2)nc1N1C[C@@H](C)CC1(C)C. The van der Waals surface area contributed by atoms with E-state index in [1.165, 1.54) is 31.7 Å². The van der Waals surface area contributed by atoms with Gasteiger partial charge in [-0.1, -0.05) is 25.1 Å². The lowest BCUT2D eigenvalue weighted by molar-refractivity contribution is 0.0815. The van der Waals surface area contributed by atoms with Crippen molar-refractivity contribution in [2.45, 2.75) is 70.2 Å². The molecule has 3 fully saturated rings. The molecule has 1 N–H and O–H groups in total. The minimum atomic E-state index is -4.07. The Hall–Kier alpha value is -3.40. The third kappa shape index (κ3) is 4.87. The molecule has 1 aromatic carbocycles. The summed E-state index contributed by atoms with van der Waals surface area (Å²) in [4.78, 5) is 20.6. The predicted molar refractivity (Wildman–Crippen MR) is 152 cm³/mol. The molecule has 3 heterocycles. The Balaban J connectivity index is 1.29. The molecule has 1 spiro atoms. The lowest BCUT2D eigenvalue weighted by Crippen LogP contribution is -2.41. The summed E-state index contributed by atoms with van der Waals surface area (Å²) in [5.74, 6) is 1.81. The molecule has 6 rings (SSSR count). The fraction of sp³-hybridized carbons (Fsp3) is 0.500. The highest BCUT2D eigenvalue weighted by molar-refractivity contribution is 7.90. The van der Waals surface area contributed by atoms with Gasteiger partial charge in [-0.3, -0.25) is 4.79 Å². The van der Waals surface area contributed by atoms with Crippen LogP contribution >= 0.6 is 0 Å². The Bertz CT molecular complexity index is 1560. The van der Waals surface area contributed by atoms with E-state index in [-0.39, 0.29) is 16.0 Å². The molecular weight excluding hydrogens is 526 g/mol. The second-order valence-electron chi connectivity index (χ2n) is 12.5.